The van der Waals surface area contributed by atoms with E-state index < -0.39 is 4.92 Å². The fourth-order valence-electron chi connectivity index (χ4n) is 2.48. The Hall–Kier alpha value is -3.16. The van der Waals surface area contributed by atoms with E-state index in [-0.39, 0.29) is 18.1 Å². The third-order valence-electron chi connectivity index (χ3n) is 3.97. The van der Waals surface area contributed by atoms with Gasteiger partial charge in [0.15, 0.2) is 17.3 Å². The quantitative estimate of drug-likeness (QED) is 0.196. The van der Waals surface area contributed by atoms with Crippen LogP contribution in [0.2, 0.25) is 4.34 Å². The fourth-order valence-corrected chi connectivity index (χ4v) is 3.45. The molecule has 1 aromatic heterocycles. The van der Waals surface area contributed by atoms with Crippen LogP contribution >= 0.6 is 22.9 Å². The van der Waals surface area contributed by atoms with Crippen LogP contribution < -0.4 is 9.47 Å². The molecule has 3 aromatic rings. The molecular formula is C21H16ClNO5S. The summed E-state index contributed by atoms with van der Waals surface area (Å²) in [7, 11) is 1.53. The number of benzene rings is 2. The van der Waals surface area contributed by atoms with Gasteiger partial charge in [-0.25, -0.2) is 0 Å². The zero-order valence-electron chi connectivity index (χ0n) is 15.3. The molecule has 0 aliphatic carbocycles. The zero-order valence-corrected chi connectivity index (χ0v) is 16.9. The van der Waals surface area contributed by atoms with Crippen molar-refractivity contribution in [2.75, 3.05) is 7.11 Å². The molecule has 29 heavy (non-hydrogen) atoms. The molecule has 0 N–H and O–H groups in total. The van der Waals surface area contributed by atoms with Crippen LogP contribution in [-0.4, -0.2) is 17.8 Å². The molecule has 0 aliphatic heterocycles. The second-order valence-corrected chi connectivity index (χ2v) is 7.64. The largest absolute Gasteiger partial charge is 0.493 e. The van der Waals surface area contributed by atoms with Gasteiger partial charge >= 0.3 is 0 Å². The minimum atomic E-state index is -0.447. The number of ketones is 1. The number of non-ortho nitro benzene ring substituents is 1. The van der Waals surface area contributed by atoms with Gasteiger partial charge in [-0.15, -0.1) is 11.3 Å². The number of carbonyl (C=O) groups excluding carboxylic acids is 1. The van der Waals surface area contributed by atoms with E-state index in [1.807, 2.05) is 0 Å². The van der Waals surface area contributed by atoms with Gasteiger partial charge in [0.25, 0.3) is 5.69 Å². The van der Waals surface area contributed by atoms with Crippen molar-refractivity contribution in [2.45, 2.75) is 6.61 Å². The van der Waals surface area contributed by atoms with Crippen LogP contribution in [-0.2, 0) is 6.61 Å². The normalized spacial score (nSPS) is 10.8. The predicted octanol–water partition coefficient (Wildman–Crippen LogP) is 5.79. The van der Waals surface area contributed by atoms with Crippen LogP contribution in [0.3, 0.4) is 0 Å². The van der Waals surface area contributed by atoms with Gasteiger partial charge in [0.2, 0.25) is 0 Å². The summed E-state index contributed by atoms with van der Waals surface area (Å²) in [6.45, 7) is 0.237. The van der Waals surface area contributed by atoms with Crippen LogP contribution in [0.4, 0.5) is 5.69 Å². The molecule has 0 atom stereocenters. The molecule has 3 rings (SSSR count). The minimum absolute atomic E-state index is 0.0295. The summed E-state index contributed by atoms with van der Waals surface area (Å²) in [5.74, 6) is 0.916. The van der Waals surface area contributed by atoms with Crippen LogP contribution in [0, 0.1) is 10.1 Å². The highest BCUT2D eigenvalue weighted by Crippen LogP contribution is 2.30. The van der Waals surface area contributed by atoms with Gasteiger partial charge < -0.3 is 9.47 Å². The Morgan fingerprint density at radius 2 is 1.90 bits per heavy atom. The lowest BCUT2D eigenvalue weighted by Gasteiger charge is -2.11. The molecule has 0 saturated heterocycles. The van der Waals surface area contributed by atoms with Gasteiger partial charge in [0.1, 0.15) is 6.61 Å². The monoisotopic (exact) mass is 429 g/mol. The highest BCUT2D eigenvalue weighted by molar-refractivity contribution is 7.18. The van der Waals surface area contributed by atoms with E-state index in [4.69, 9.17) is 21.1 Å². The molecule has 0 fully saturated rings. The molecular weight excluding hydrogens is 414 g/mol. The number of methoxy groups -OCH3 is 1. The highest BCUT2D eigenvalue weighted by Gasteiger charge is 2.09. The van der Waals surface area contributed by atoms with Crippen LogP contribution in [0.25, 0.3) is 6.08 Å². The second-order valence-electron chi connectivity index (χ2n) is 5.92. The molecule has 0 amide bonds. The standard InChI is InChI=1S/C21H16ClNO5S/c1-27-19-12-14(4-8-17(24)20-10-11-21(22)29-20)5-9-18(19)28-13-15-2-6-16(7-3-15)23(25)26/h2-12H,13H2,1H3/b8-4+. The molecule has 0 saturated carbocycles. The van der Waals surface area contributed by atoms with Crippen molar-refractivity contribution in [1.82, 2.24) is 0 Å². The SMILES string of the molecule is COc1cc(/C=C/C(=O)c2ccc(Cl)s2)ccc1OCc1ccc([N+](=O)[O-])cc1. The van der Waals surface area contributed by atoms with Crippen molar-refractivity contribution in [3.05, 3.63) is 91.1 Å². The molecule has 2 aromatic carbocycles. The third kappa shape index (κ3) is 5.43. The summed E-state index contributed by atoms with van der Waals surface area (Å²) in [5.41, 5.74) is 1.60. The topological polar surface area (TPSA) is 78.7 Å². The lowest BCUT2D eigenvalue weighted by molar-refractivity contribution is -0.384. The van der Waals surface area contributed by atoms with Gasteiger partial charge in [-0.1, -0.05) is 23.7 Å². The molecule has 0 spiro atoms. The Bertz CT molecular complexity index is 1060. The molecule has 8 heteroatoms. The second kappa shape index (κ2) is 9.36. The summed E-state index contributed by atoms with van der Waals surface area (Å²) < 4.78 is 11.7. The number of ether oxygens (including phenoxy) is 2. The smallest absolute Gasteiger partial charge is 0.269 e. The number of nitro benzene ring substituents is 1. The average Bonchev–Trinajstić information content (AvgIpc) is 3.17. The molecule has 6 nitrogen and oxygen atoms in total. The predicted molar refractivity (Wildman–Crippen MR) is 113 cm³/mol. The number of allylic oxidation sites excluding steroid dienone is 1. The van der Waals surface area contributed by atoms with E-state index in [0.29, 0.717) is 20.7 Å². The van der Waals surface area contributed by atoms with Crippen molar-refractivity contribution >= 4 is 40.5 Å². The first-order chi connectivity index (χ1) is 14.0. The zero-order chi connectivity index (χ0) is 20.8. The van der Waals surface area contributed by atoms with Crippen LogP contribution in [0.1, 0.15) is 20.8 Å². The molecule has 0 aliphatic rings. The number of nitrogens with zero attached hydrogens (tertiary/aromatic N) is 1. The van der Waals surface area contributed by atoms with Gasteiger partial charge in [-0.3, -0.25) is 14.9 Å². The lowest BCUT2D eigenvalue weighted by atomic mass is 10.1. The molecule has 0 bridgehead atoms. The lowest BCUT2D eigenvalue weighted by Crippen LogP contribution is -1.98. The maximum absolute atomic E-state index is 12.1. The summed E-state index contributed by atoms with van der Waals surface area (Å²) >= 11 is 7.09. The van der Waals surface area contributed by atoms with E-state index in [0.717, 1.165) is 11.1 Å². The number of hydrogen-bond acceptors (Lipinski definition) is 6. The maximum Gasteiger partial charge on any atom is 0.269 e. The average molecular weight is 430 g/mol. The molecule has 0 radical (unpaired) electrons. The number of halogens is 1. The van der Waals surface area contributed by atoms with Crippen molar-refractivity contribution in [1.29, 1.82) is 0 Å². The first-order valence-electron chi connectivity index (χ1n) is 8.48. The van der Waals surface area contributed by atoms with E-state index in [2.05, 4.69) is 0 Å². The van der Waals surface area contributed by atoms with Gasteiger partial charge in [0, 0.05) is 12.1 Å². The van der Waals surface area contributed by atoms with Crippen molar-refractivity contribution in [3.63, 3.8) is 0 Å². The fraction of sp³-hybridized carbons (Fsp3) is 0.0952. The maximum atomic E-state index is 12.1. The van der Waals surface area contributed by atoms with Crippen molar-refractivity contribution in [3.8, 4) is 11.5 Å². The van der Waals surface area contributed by atoms with Gasteiger partial charge in [-0.05, 0) is 53.6 Å². The summed E-state index contributed by atoms with van der Waals surface area (Å²) in [5, 5.41) is 10.7. The molecule has 0 unspecified atom stereocenters. The Morgan fingerprint density at radius 3 is 2.52 bits per heavy atom. The summed E-state index contributed by atoms with van der Waals surface area (Å²) in [6, 6.07) is 14.8. The Morgan fingerprint density at radius 1 is 1.14 bits per heavy atom. The highest BCUT2D eigenvalue weighted by atomic mass is 35.5. The number of rotatable bonds is 8. The molecule has 148 valence electrons. The molecule has 1 heterocycles. The van der Waals surface area contributed by atoms with Crippen molar-refractivity contribution < 1.29 is 19.2 Å². The summed E-state index contributed by atoms with van der Waals surface area (Å²) in [4.78, 5) is 23.0. The minimum Gasteiger partial charge on any atom is -0.493 e. The Kier molecular flexibility index (Phi) is 6.64. The van der Waals surface area contributed by atoms with Crippen molar-refractivity contribution in [2.24, 2.45) is 0 Å². The van der Waals surface area contributed by atoms with Crippen LogP contribution in [0.15, 0.2) is 60.7 Å². The summed E-state index contributed by atoms with van der Waals surface area (Å²) in [6.07, 6.45) is 3.17. The number of nitro groups is 1. The number of hydrogen-bond donors (Lipinski definition) is 0. The first kappa shape index (κ1) is 20.6. The van der Waals surface area contributed by atoms with E-state index in [1.165, 1.54) is 36.7 Å². The first-order valence-corrected chi connectivity index (χ1v) is 9.67. The van der Waals surface area contributed by atoms with Crippen LogP contribution in [0.5, 0.6) is 11.5 Å². The van der Waals surface area contributed by atoms with E-state index in [1.54, 1.807) is 48.5 Å². The van der Waals surface area contributed by atoms with Gasteiger partial charge in [0.05, 0.1) is 21.2 Å². The Balaban J connectivity index is 1.67. The van der Waals surface area contributed by atoms with E-state index in [9.17, 15) is 14.9 Å². The Labute approximate surface area is 176 Å². The van der Waals surface area contributed by atoms with Gasteiger partial charge in [-0.2, -0.15) is 0 Å². The number of thiophene rings is 1. The van der Waals surface area contributed by atoms with E-state index >= 15 is 0 Å². The third-order valence-corrected chi connectivity index (χ3v) is 5.22. The number of carbonyl (C=O) groups is 1.